The minimum Gasteiger partial charge on any atom is -0.247 e. The molecule has 0 amide bonds. The molecule has 0 fully saturated rings. The maximum absolute atomic E-state index is 2.28. The highest BCUT2D eigenvalue weighted by atomic mass is 32.2. The summed E-state index contributed by atoms with van der Waals surface area (Å²) in [6, 6.07) is 0. The Morgan fingerprint density at radius 1 is 1.60 bits per heavy atom. The Labute approximate surface area is 67.6 Å². The van der Waals surface area contributed by atoms with Gasteiger partial charge < -0.3 is 0 Å². The molecule has 0 bridgehead atoms. The van der Waals surface area contributed by atoms with Crippen LogP contribution in [0, 0.1) is 5.92 Å². The Bertz CT molecular complexity index is 120. The predicted molar refractivity (Wildman–Crippen MR) is 46.9 cm³/mol. The number of rotatable bonds is 3. The normalized spacial score (nSPS) is 24.5. The van der Waals surface area contributed by atoms with Gasteiger partial charge in [0.1, 0.15) is 6.20 Å². The fraction of sp³-hybridized carbons (Fsp3) is 0.750. The van der Waals surface area contributed by atoms with Crippen molar-refractivity contribution < 1.29 is 4.31 Å². The molecule has 0 saturated heterocycles. The lowest BCUT2D eigenvalue weighted by Crippen LogP contribution is -2.99. The van der Waals surface area contributed by atoms with Gasteiger partial charge in [0.2, 0.25) is 0 Å². The van der Waals surface area contributed by atoms with Crippen molar-refractivity contribution in [1.82, 2.24) is 0 Å². The van der Waals surface area contributed by atoms with Gasteiger partial charge in [0.05, 0.1) is 24.2 Å². The fourth-order valence-corrected chi connectivity index (χ4v) is 1.83. The Kier molecular flexibility index (Phi) is 3.29. The maximum Gasteiger partial charge on any atom is 0.103 e. The van der Waals surface area contributed by atoms with Gasteiger partial charge in [-0.1, -0.05) is 13.8 Å². The lowest BCUT2D eigenvalue weighted by atomic mass is 10.1. The second kappa shape index (κ2) is 4.04. The molecule has 0 spiro atoms. The van der Waals surface area contributed by atoms with Crippen molar-refractivity contribution in [2.75, 3.05) is 12.3 Å². The number of hydrogen-bond donors (Lipinski definition) is 1. The molecule has 1 aliphatic rings. The SMILES string of the molecule is CC(C)CC[NH+]1C=CCS1. The molecular weight excluding hydrogens is 142 g/mol. The van der Waals surface area contributed by atoms with E-state index in [1.165, 1.54) is 18.7 Å². The van der Waals surface area contributed by atoms with Gasteiger partial charge in [-0.05, 0) is 12.0 Å². The monoisotopic (exact) mass is 158 g/mol. The molecule has 1 nitrogen and oxygen atoms in total. The first kappa shape index (κ1) is 8.15. The third kappa shape index (κ3) is 2.76. The summed E-state index contributed by atoms with van der Waals surface area (Å²) in [4.78, 5) is 0. The van der Waals surface area contributed by atoms with Gasteiger partial charge in [-0.2, -0.15) is 0 Å². The van der Waals surface area contributed by atoms with Crippen LogP contribution in [0.2, 0.25) is 0 Å². The first-order chi connectivity index (χ1) is 4.79. The molecule has 2 heteroatoms. The summed E-state index contributed by atoms with van der Waals surface area (Å²) < 4.78 is 1.58. The largest absolute Gasteiger partial charge is 0.247 e. The third-order valence-corrected chi connectivity index (χ3v) is 2.71. The van der Waals surface area contributed by atoms with E-state index in [0.29, 0.717) is 0 Å². The molecule has 0 aromatic rings. The lowest BCUT2D eigenvalue weighted by Gasteiger charge is -2.08. The van der Waals surface area contributed by atoms with Gasteiger partial charge in [0, 0.05) is 6.42 Å². The van der Waals surface area contributed by atoms with Crippen LogP contribution in [0.3, 0.4) is 0 Å². The fourth-order valence-electron chi connectivity index (χ4n) is 0.969. The molecule has 0 aliphatic carbocycles. The highest BCUT2D eigenvalue weighted by Crippen LogP contribution is 1.99. The predicted octanol–water partition coefficient (Wildman–Crippen LogP) is 1.09. The Balaban J connectivity index is 2.08. The number of quaternary nitrogens is 1. The van der Waals surface area contributed by atoms with Gasteiger partial charge in [-0.3, -0.25) is 0 Å². The Morgan fingerprint density at radius 3 is 2.90 bits per heavy atom. The first-order valence-electron chi connectivity index (χ1n) is 3.94. The molecule has 1 aliphatic heterocycles. The van der Waals surface area contributed by atoms with E-state index in [9.17, 15) is 0 Å². The second-order valence-corrected chi connectivity index (χ2v) is 4.26. The van der Waals surface area contributed by atoms with Crippen LogP contribution >= 0.6 is 11.9 Å². The van der Waals surface area contributed by atoms with Gasteiger partial charge in [0.25, 0.3) is 0 Å². The van der Waals surface area contributed by atoms with E-state index in [0.717, 1.165) is 5.92 Å². The van der Waals surface area contributed by atoms with Gasteiger partial charge in [-0.15, -0.1) is 0 Å². The zero-order chi connectivity index (χ0) is 7.40. The average molecular weight is 158 g/mol. The smallest absolute Gasteiger partial charge is 0.103 e. The van der Waals surface area contributed by atoms with Crippen LogP contribution in [-0.4, -0.2) is 12.3 Å². The van der Waals surface area contributed by atoms with Crippen molar-refractivity contribution in [2.45, 2.75) is 20.3 Å². The van der Waals surface area contributed by atoms with E-state index in [1.807, 2.05) is 11.9 Å². The summed E-state index contributed by atoms with van der Waals surface area (Å²) in [5.74, 6) is 2.05. The van der Waals surface area contributed by atoms with Crippen molar-refractivity contribution in [2.24, 2.45) is 5.92 Å². The maximum atomic E-state index is 2.28. The summed E-state index contributed by atoms with van der Waals surface area (Å²) in [7, 11) is 0. The van der Waals surface area contributed by atoms with Crippen molar-refractivity contribution >= 4 is 11.9 Å². The van der Waals surface area contributed by atoms with Crippen molar-refractivity contribution in [3.63, 3.8) is 0 Å². The highest BCUT2D eigenvalue weighted by molar-refractivity contribution is 7.93. The van der Waals surface area contributed by atoms with Crippen LogP contribution in [0.1, 0.15) is 20.3 Å². The zero-order valence-electron chi connectivity index (χ0n) is 6.76. The van der Waals surface area contributed by atoms with Crippen LogP contribution in [0.25, 0.3) is 0 Å². The van der Waals surface area contributed by atoms with E-state index in [2.05, 4.69) is 26.1 Å². The third-order valence-electron chi connectivity index (χ3n) is 1.64. The van der Waals surface area contributed by atoms with Gasteiger partial charge in [-0.25, -0.2) is 4.31 Å². The minimum atomic E-state index is 0.849. The van der Waals surface area contributed by atoms with E-state index >= 15 is 0 Å². The molecule has 10 heavy (non-hydrogen) atoms. The van der Waals surface area contributed by atoms with E-state index < -0.39 is 0 Å². The Hall–Kier alpha value is 0.0500. The standard InChI is InChI=1S/C8H15NS/c1-8(2)4-6-9-5-3-7-10-9/h3,5,8H,4,6-7H2,1-2H3/p+1. The molecule has 1 N–H and O–H groups in total. The summed E-state index contributed by atoms with van der Waals surface area (Å²) in [6.07, 6.45) is 5.86. The van der Waals surface area contributed by atoms with Crippen LogP contribution in [0.5, 0.6) is 0 Å². The van der Waals surface area contributed by atoms with E-state index in [-0.39, 0.29) is 0 Å². The summed E-state index contributed by atoms with van der Waals surface area (Å²) in [5, 5.41) is 0. The highest BCUT2D eigenvalue weighted by Gasteiger charge is 2.11. The van der Waals surface area contributed by atoms with E-state index in [4.69, 9.17) is 0 Å². The molecular formula is C8H16NS+. The molecule has 0 aromatic carbocycles. The quantitative estimate of drug-likeness (QED) is 0.603. The molecule has 0 radical (unpaired) electrons. The number of hydrogen-bond acceptors (Lipinski definition) is 1. The van der Waals surface area contributed by atoms with Gasteiger partial charge >= 0.3 is 0 Å². The van der Waals surface area contributed by atoms with Crippen molar-refractivity contribution in [3.05, 3.63) is 12.3 Å². The van der Waals surface area contributed by atoms with Crippen LogP contribution in [0.4, 0.5) is 0 Å². The second-order valence-electron chi connectivity index (χ2n) is 3.11. The summed E-state index contributed by atoms with van der Waals surface area (Å²) in [6.45, 7) is 5.85. The number of nitrogens with one attached hydrogen (secondary N) is 1. The minimum absolute atomic E-state index is 0.849. The van der Waals surface area contributed by atoms with Crippen LogP contribution in [-0.2, 0) is 0 Å². The molecule has 1 rings (SSSR count). The van der Waals surface area contributed by atoms with Crippen LogP contribution in [0.15, 0.2) is 12.3 Å². The molecule has 1 atom stereocenters. The van der Waals surface area contributed by atoms with Crippen molar-refractivity contribution in [1.29, 1.82) is 0 Å². The zero-order valence-corrected chi connectivity index (χ0v) is 7.58. The summed E-state index contributed by atoms with van der Waals surface area (Å²) >= 11 is 1.99. The van der Waals surface area contributed by atoms with E-state index in [1.54, 1.807) is 4.31 Å². The molecule has 0 saturated carbocycles. The average Bonchev–Trinajstić information content (AvgIpc) is 2.34. The first-order valence-corrected chi connectivity index (χ1v) is 4.93. The molecule has 1 unspecified atom stereocenters. The molecule has 0 aromatic heterocycles. The topological polar surface area (TPSA) is 4.44 Å². The van der Waals surface area contributed by atoms with Crippen LogP contribution < -0.4 is 4.31 Å². The lowest BCUT2D eigenvalue weighted by molar-refractivity contribution is -0.691. The molecule has 58 valence electrons. The Morgan fingerprint density at radius 2 is 2.40 bits per heavy atom. The summed E-state index contributed by atoms with van der Waals surface area (Å²) in [5.41, 5.74) is 0. The molecule has 1 heterocycles. The van der Waals surface area contributed by atoms with Crippen molar-refractivity contribution in [3.8, 4) is 0 Å². The van der Waals surface area contributed by atoms with Gasteiger partial charge in [0.15, 0.2) is 0 Å².